The van der Waals surface area contributed by atoms with Gasteiger partial charge >= 0.3 is 0 Å². The summed E-state index contributed by atoms with van der Waals surface area (Å²) in [5, 5.41) is 2.83. The van der Waals surface area contributed by atoms with Crippen LogP contribution in [0.25, 0.3) is 0 Å². The van der Waals surface area contributed by atoms with Crippen molar-refractivity contribution in [3.05, 3.63) is 29.8 Å². The molecule has 1 aromatic rings. The van der Waals surface area contributed by atoms with Gasteiger partial charge in [0.2, 0.25) is 5.91 Å². The van der Waals surface area contributed by atoms with E-state index >= 15 is 0 Å². The Morgan fingerprint density at radius 1 is 1.47 bits per heavy atom. The van der Waals surface area contributed by atoms with Crippen molar-refractivity contribution in [2.75, 3.05) is 20.2 Å². The Morgan fingerprint density at radius 2 is 2.18 bits per heavy atom. The van der Waals surface area contributed by atoms with Crippen molar-refractivity contribution < 1.29 is 9.53 Å². The molecule has 17 heavy (non-hydrogen) atoms. The fourth-order valence-corrected chi connectivity index (χ4v) is 1.85. The lowest BCUT2D eigenvalue weighted by atomic mass is 9.94. The number of methoxy groups -OCH3 is 1. The third-order valence-corrected chi connectivity index (χ3v) is 2.64. The van der Waals surface area contributed by atoms with Gasteiger partial charge in [-0.2, -0.15) is 0 Å². The molecule has 0 saturated heterocycles. The summed E-state index contributed by atoms with van der Waals surface area (Å²) in [7, 11) is 1.61. The number of likely N-dealkylation sites (N-methyl/N-ethyl adjacent to an activating group) is 1. The van der Waals surface area contributed by atoms with Crippen LogP contribution in [-0.2, 0) is 4.79 Å². The topological polar surface area (TPSA) is 64.4 Å². The predicted octanol–water partition coefficient (Wildman–Crippen LogP) is 1.26. The lowest BCUT2D eigenvalue weighted by Gasteiger charge is -2.18. The van der Waals surface area contributed by atoms with E-state index in [4.69, 9.17) is 10.5 Å². The molecule has 0 radical (unpaired) electrons. The fraction of sp³-hybridized carbons (Fsp3) is 0.462. The summed E-state index contributed by atoms with van der Waals surface area (Å²) in [6, 6.07) is 7.56. The van der Waals surface area contributed by atoms with Crippen molar-refractivity contribution in [1.29, 1.82) is 0 Å². The zero-order chi connectivity index (χ0) is 12.7. The monoisotopic (exact) mass is 236 g/mol. The Balaban J connectivity index is 3.00. The Hall–Kier alpha value is -1.55. The highest BCUT2D eigenvalue weighted by Crippen LogP contribution is 2.28. The smallest absolute Gasteiger partial charge is 0.227 e. The first kappa shape index (κ1) is 13.5. The first-order valence-corrected chi connectivity index (χ1v) is 5.85. The van der Waals surface area contributed by atoms with E-state index in [0.29, 0.717) is 19.5 Å². The van der Waals surface area contributed by atoms with E-state index in [9.17, 15) is 4.79 Å². The number of hydrogen-bond donors (Lipinski definition) is 2. The molecule has 0 fully saturated rings. The highest BCUT2D eigenvalue weighted by atomic mass is 16.5. The highest BCUT2D eigenvalue weighted by Gasteiger charge is 2.22. The number of rotatable bonds is 6. The average molecular weight is 236 g/mol. The van der Waals surface area contributed by atoms with Crippen LogP contribution < -0.4 is 15.8 Å². The number of para-hydroxylation sites is 1. The molecule has 0 aliphatic carbocycles. The molecule has 0 aliphatic heterocycles. The molecule has 0 saturated carbocycles. The van der Waals surface area contributed by atoms with Gasteiger partial charge < -0.3 is 15.8 Å². The minimum atomic E-state index is -0.240. The molecule has 0 aliphatic rings. The molecule has 0 bridgehead atoms. The van der Waals surface area contributed by atoms with Crippen molar-refractivity contribution in [1.82, 2.24) is 5.32 Å². The molecular formula is C13H20N2O2. The van der Waals surface area contributed by atoms with Crippen LogP contribution in [0.5, 0.6) is 5.75 Å². The van der Waals surface area contributed by atoms with Crippen LogP contribution in [0.3, 0.4) is 0 Å². The number of nitrogens with two attached hydrogens (primary N) is 1. The van der Waals surface area contributed by atoms with Crippen molar-refractivity contribution in [2.45, 2.75) is 19.3 Å². The van der Waals surface area contributed by atoms with Crippen LogP contribution >= 0.6 is 0 Å². The molecule has 0 heterocycles. The summed E-state index contributed by atoms with van der Waals surface area (Å²) >= 11 is 0. The summed E-state index contributed by atoms with van der Waals surface area (Å²) < 4.78 is 5.28. The van der Waals surface area contributed by atoms with Crippen molar-refractivity contribution in [3.8, 4) is 5.75 Å². The van der Waals surface area contributed by atoms with E-state index in [1.165, 1.54) is 0 Å². The second-order valence-corrected chi connectivity index (χ2v) is 3.77. The number of carbonyl (C=O) groups excluding carboxylic acids is 1. The van der Waals surface area contributed by atoms with E-state index in [2.05, 4.69) is 5.32 Å². The molecule has 1 rings (SSSR count). The Bertz CT molecular complexity index is 366. The predicted molar refractivity (Wildman–Crippen MR) is 68.1 cm³/mol. The second kappa shape index (κ2) is 6.91. The van der Waals surface area contributed by atoms with Crippen LogP contribution in [0.2, 0.25) is 0 Å². The maximum absolute atomic E-state index is 12.0. The number of nitrogens with one attached hydrogen (secondary N) is 1. The maximum atomic E-state index is 12.0. The summed E-state index contributed by atoms with van der Waals surface area (Å²) in [4.78, 5) is 12.0. The molecule has 4 nitrogen and oxygen atoms in total. The van der Waals surface area contributed by atoms with Gasteiger partial charge in [0.15, 0.2) is 0 Å². The molecule has 1 amide bonds. The van der Waals surface area contributed by atoms with Gasteiger partial charge in [0.05, 0.1) is 13.0 Å². The second-order valence-electron chi connectivity index (χ2n) is 3.77. The van der Waals surface area contributed by atoms with Gasteiger partial charge in [0.1, 0.15) is 5.75 Å². The fourth-order valence-electron chi connectivity index (χ4n) is 1.85. The molecular weight excluding hydrogens is 216 g/mol. The molecule has 0 aromatic heterocycles. The van der Waals surface area contributed by atoms with Crippen LogP contribution in [0.4, 0.5) is 0 Å². The zero-order valence-electron chi connectivity index (χ0n) is 10.4. The Labute approximate surface area is 102 Å². The third-order valence-electron chi connectivity index (χ3n) is 2.64. The number of ether oxygens (including phenoxy) is 1. The first-order chi connectivity index (χ1) is 8.24. The molecule has 1 unspecified atom stereocenters. The maximum Gasteiger partial charge on any atom is 0.227 e. The van der Waals surface area contributed by atoms with Gasteiger partial charge in [-0.3, -0.25) is 4.79 Å². The quantitative estimate of drug-likeness (QED) is 0.781. The van der Waals surface area contributed by atoms with Gasteiger partial charge in [-0.25, -0.2) is 0 Å². The summed E-state index contributed by atoms with van der Waals surface area (Å²) in [6.07, 6.45) is 0.617. The summed E-state index contributed by atoms with van der Waals surface area (Å²) in [6.45, 7) is 2.99. The summed E-state index contributed by atoms with van der Waals surface area (Å²) in [5.41, 5.74) is 6.47. The highest BCUT2D eigenvalue weighted by molar-refractivity contribution is 5.84. The van der Waals surface area contributed by atoms with E-state index in [1.54, 1.807) is 7.11 Å². The van der Waals surface area contributed by atoms with Crippen LogP contribution in [0, 0.1) is 0 Å². The van der Waals surface area contributed by atoms with Gasteiger partial charge in [-0.15, -0.1) is 0 Å². The average Bonchev–Trinajstić information content (AvgIpc) is 2.36. The molecule has 0 spiro atoms. The zero-order valence-corrected chi connectivity index (χ0v) is 10.4. The minimum absolute atomic E-state index is 0.00227. The molecule has 3 N–H and O–H groups in total. The first-order valence-electron chi connectivity index (χ1n) is 5.85. The number of amides is 1. The normalized spacial score (nSPS) is 11.9. The molecule has 94 valence electrons. The van der Waals surface area contributed by atoms with Gasteiger partial charge in [0, 0.05) is 12.1 Å². The van der Waals surface area contributed by atoms with Gasteiger partial charge in [-0.1, -0.05) is 18.2 Å². The Morgan fingerprint density at radius 3 is 2.76 bits per heavy atom. The van der Waals surface area contributed by atoms with Gasteiger partial charge in [0.25, 0.3) is 0 Å². The minimum Gasteiger partial charge on any atom is -0.496 e. The number of benzene rings is 1. The lowest BCUT2D eigenvalue weighted by Crippen LogP contribution is -2.30. The van der Waals surface area contributed by atoms with Crippen molar-refractivity contribution in [3.63, 3.8) is 0 Å². The SMILES string of the molecule is CCNC(=O)C(CCN)c1ccccc1OC. The molecule has 4 heteroatoms. The van der Waals surface area contributed by atoms with E-state index < -0.39 is 0 Å². The number of hydrogen-bond acceptors (Lipinski definition) is 3. The molecule has 1 aromatic carbocycles. The van der Waals surface area contributed by atoms with Crippen LogP contribution in [0.15, 0.2) is 24.3 Å². The van der Waals surface area contributed by atoms with E-state index in [-0.39, 0.29) is 11.8 Å². The standard InChI is InChI=1S/C13H20N2O2/c1-3-15-13(16)11(8-9-14)10-6-4-5-7-12(10)17-2/h4-7,11H,3,8-9,14H2,1-2H3,(H,15,16). The van der Waals surface area contributed by atoms with Crippen molar-refractivity contribution in [2.24, 2.45) is 5.73 Å². The summed E-state index contributed by atoms with van der Waals surface area (Å²) in [5.74, 6) is 0.496. The Kier molecular flexibility index (Phi) is 5.49. The third kappa shape index (κ3) is 3.46. The van der Waals surface area contributed by atoms with Crippen LogP contribution in [0.1, 0.15) is 24.8 Å². The largest absolute Gasteiger partial charge is 0.496 e. The van der Waals surface area contributed by atoms with Crippen molar-refractivity contribution >= 4 is 5.91 Å². The lowest BCUT2D eigenvalue weighted by molar-refractivity contribution is -0.122. The number of carbonyl (C=O) groups is 1. The van der Waals surface area contributed by atoms with E-state index in [1.807, 2.05) is 31.2 Å². The molecule has 1 atom stereocenters. The van der Waals surface area contributed by atoms with Crippen LogP contribution in [-0.4, -0.2) is 26.1 Å². The van der Waals surface area contributed by atoms with Gasteiger partial charge in [-0.05, 0) is 26.0 Å². The van der Waals surface area contributed by atoms with E-state index in [0.717, 1.165) is 11.3 Å².